The number of hydrogen-bond acceptors (Lipinski definition) is 3. The molecule has 0 fully saturated rings. The molecule has 0 spiro atoms. The van der Waals surface area contributed by atoms with Gasteiger partial charge in [0.15, 0.2) is 10.5 Å². The molecule has 0 bridgehead atoms. The molecule has 5 nitrogen and oxygen atoms in total. The van der Waals surface area contributed by atoms with Gasteiger partial charge < -0.3 is 4.57 Å². The summed E-state index contributed by atoms with van der Waals surface area (Å²) in [6, 6.07) is 24.2. The van der Waals surface area contributed by atoms with Crippen LogP contribution in [-0.4, -0.2) is 13.9 Å². The first-order valence-electron chi connectivity index (χ1n) is 11.5. The lowest BCUT2D eigenvalue weighted by Crippen LogP contribution is -2.20. The molecule has 182 valence electrons. The molecule has 0 aliphatic rings. The summed E-state index contributed by atoms with van der Waals surface area (Å²) in [5.74, 6) is -0.248. The van der Waals surface area contributed by atoms with E-state index in [2.05, 4.69) is 38.0 Å². The molecule has 5 aromatic rings. The Morgan fingerprint density at radius 3 is 2.47 bits per heavy atom. The Balaban J connectivity index is 1.63. The van der Waals surface area contributed by atoms with Crippen molar-refractivity contribution in [3.8, 4) is 16.9 Å². The molecule has 0 N–H and O–H groups in total. The fourth-order valence-electron chi connectivity index (χ4n) is 4.18. The summed E-state index contributed by atoms with van der Waals surface area (Å²) in [4.78, 5) is 19.1. The molecule has 2 heterocycles. The molecule has 2 aromatic heterocycles. The van der Waals surface area contributed by atoms with E-state index in [0.29, 0.717) is 18.7 Å². The molecule has 3 aromatic carbocycles. The molecule has 36 heavy (non-hydrogen) atoms. The van der Waals surface area contributed by atoms with Crippen molar-refractivity contribution in [3.63, 3.8) is 0 Å². The number of aryl methyl sites for hydroxylation is 1. The lowest BCUT2D eigenvalue weighted by atomic mass is 10.1. The maximum absolute atomic E-state index is 13.5. The monoisotopic (exact) mass is 562 g/mol. The minimum absolute atomic E-state index is 0.163. The van der Waals surface area contributed by atoms with E-state index < -0.39 is 0 Å². The third-order valence-electron chi connectivity index (χ3n) is 6.19. The Labute approximate surface area is 220 Å². The topological polar surface area (TPSA) is 44.2 Å². The van der Waals surface area contributed by atoms with Gasteiger partial charge in [0, 0.05) is 29.0 Å². The average molecular weight is 563 g/mol. The minimum Gasteiger partial charge on any atom is -0.316 e. The molecule has 0 amide bonds. The van der Waals surface area contributed by atoms with Crippen LogP contribution >= 0.6 is 27.3 Å². The van der Waals surface area contributed by atoms with Crippen molar-refractivity contribution in [1.82, 2.24) is 13.9 Å². The molecule has 0 aliphatic carbocycles. The lowest BCUT2D eigenvalue weighted by molar-refractivity contribution is 0.625. The quantitative estimate of drug-likeness (QED) is 0.236. The number of hydrogen-bond donors (Lipinski definition) is 0. The summed E-state index contributed by atoms with van der Waals surface area (Å²) >= 11 is 5.07. The van der Waals surface area contributed by atoms with E-state index in [1.807, 2.05) is 61.1 Å². The third kappa shape index (κ3) is 4.79. The van der Waals surface area contributed by atoms with E-state index in [1.165, 1.54) is 23.5 Å². The van der Waals surface area contributed by atoms with Crippen molar-refractivity contribution < 1.29 is 4.39 Å². The van der Waals surface area contributed by atoms with E-state index in [9.17, 15) is 9.18 Å². The maximum Gasteiger partial charge on any atom is 0.297 e. The number of aromatic nitrogens is 3. The predicted octanol–water partition coefficient (Wildman–Crippen LogP) is 6.39. The van der Waals surface area contributed by atoms with Gasteiger partial charge in [-0.2, -0.15) is 0 Å². The second-order valence-electron chi connectivity index (χ2n) is 8.46. The Morgan fingerprint density at radius 1 is 1.00 bits per heavy atom. The summed E-state index contributed by atoms with van der Waals surface area (Å²) in [6.07, 6.45) is 0.702. The smallest absolute Gasteiger partial charge is 0.297 e. The largest absolute Gasteiger partial charge is 0.316 e. The van der Waals surface area contributed by atoms with E-state index in [1.54, 1.807) is 16.8 Å². The first-order valence-corrected chi connectivity index (χ1v) is 13.2. The molecule has 0 saturated heterocycles. The third-order valence-corrected chi connectivity index (χ3v) is 7.54. The van der Waals surface area contributed by atoms with Gasteiger partial charge in [0.2, 0.25) is 0 Å². The summed E-state index contributed by atoms with van der Waals surface area (Å²) in [5.41, 5.74) is 4.92. The highest BCUT2D eigenvalue weighted by molar-refractivity contribution is 9.10. The molecule has 0 saturated carbocycles. The number of thiazole rings is 1. The van der Waals surface area contributed by atoms with Crippen molar-refractivity contribution in [1.29, 1.82) is 0 Å². The fourth-order valence-corrected chi connectivity index (χ4v) is 5.52. The number of benzene rings is 3. The van der Waals surface area contributed by atoms with Gasteiger partial charge in [0.25, 0.3) is 5.56 Å². The zero-order valence-electron chi connectivity index (χ0n) is 19.9. The molecule has 0 radical (unpaired) electrons. The zero-order valence-corrected chi connectivity index (χ0v) is 22.3. The Kier molecular flexibility index (Phi) is 6.89. The van der Waals surface area contributed by atoms with Crippen molar-refractivity contribution in [2.45, 2.75) is 19.9 Å². The Morgan fingerprint density at radius 2 is 1.75 bits per heavy atom. The van der Waals surface area contributed by atoms with Crippen LogP contribution in [-0.2, 0) is 20.0 Å². The van der Waals surface area contributed by atoms with Crippen LogP contribution in [0, 0.1) is 12.7 Å². The maximum atomic E-state index is 13.5. The number of nitrogens with zero attached hydrogens (tertiary/aromatic N) is 4. The van der Waals surface area contributed by atoms with Crippen LogP contribution in [0.5, 0.6) is 0 Å². The summed E-state index contributed by atoms with van der Waals surface area (Å²) in [7, 11) is 1.87. The van der Waals surface area contributed by atoms with E-state index in [-0.39, 0.29) is 11.4 Å². The molecule has 5 rings (SSSR count). The summed E-state index contributed by atoms with van der Waals surface area (Å²) in [6.45, 7) is 2.54. The second kappa shape index (κ2) is 10.2. The van der Waals surface area contributed by atoms with Gasteiger partial charge in [-0.1, -0.05) is 58.4 Å². The standard InChI is InChI=1S/C28H24BrFN4OS/c1-19-26(27(35)34(32(19)2)24-9-4-3-5-10-24)31-28-33(16-15-20-11-13-23(30)14-12-20)25(18-36-28)21-7-6-8-22(29)17-21/h3-14,17-18H,15-16H2,1-2H3. The molecule has 8 heteroatoms. The van der Waals surface area contributed by atoms with Crippen LogP contribution < -0.4 is 10.4 Å². The highest BCUT2D eigenvalue weighted by atomic mass is 79.9. The van der Waals surface area contributed by atoms with Gasteiger partial charge in [-0.05, 0) is 55.3 Å². The van der Waals surface area contributed by atoms with Crippen molar-refractivity contribution in [2.75, 3.05) is 0 Å². The van der Waals surface area contributed by atoms with Crippen LogP contribution in [0.4, 0.5) is 10.1 Å². The van der Waals surface area contributed by atoms with Crippen LogP contribution in [0.25, 0.3) is 16.9 Å². The molecular formula is C28H24BrFN4OS. The van der Waals surface area contributed by atoms with Crippen LogP contribution in [0.2, 0.25) is 0 Å². The average Bonchev–Trinajstić information content (AvgIpc) is 3.38. The van der Waals surface area contributed by atoms with Crippen LogP contribution in [0.3, 0.4) is 0 Å². The van der Waals surface area contributed by atoms with Gasteiger partial charge >= 0.3 is 0 Å². The SMILES string of the molecule is Cc1c(N=c2scc(-c3cccc(Br)c3)n2CCc2ccc(F)cc2)c(=O)n(-c2ccccc2)n1C. The normalized spacial score (nSPS) is 11.8. The lowest BCUT2D eigenvalue weighted by Gasteiger charge is -2.10. The Bertz CT molecular complexity index is 1650. The van der Waals surface area contributed by atoms with Crippen LogP contribution in [0.15, 0.2) is 98.5 Å². The van der Waals surface area contributed by atoms with Crippen molar-refractivity contribution in [2.24, 2.45) is 12.0 Å². The first-order chi connectivity index (χ1) is 17.4. The fraction of sp³-hybridized carbons (Fsp3) is 0.143. The van der Waals surface area contributed by atoms with Gasteiger partial charge in [-0.25, -0.2) is 14.1 Å². The molecule has 0 atom stereocenters. The number of halogens is 2. The van der Waals surface area contributed by atoms with E-state index >= 15 is 0 Å². The summed E-state index contributed by atoms with van der Waals surface area (Å²) in [5, 5.41) is 2.07. The Hall–Kier alpha value is -3.49. The van der Waals surface area contributed by atoms with Crippen molar-refractivity contribution in [3.05, 3.63) is 121 Å². The van der Waals surface area contributed by atoms with E-state index in [0.717, 1.165) is 37.5 Å². The minimum atomic E-state index is -0.248. The molecular weight excluding hydrogens is 539 g/mol. The number of para-hydroxylation sites is 1. The van der Waals surface area contributed by atoms with Gasteiger partial charge in [-0.15, -0.1) is 11.3 Å². The first kappa shape index (κ1) is 24.2. The van der Waals surface area contributed by atoms with Crippen molar-refractivity contribution >= 4 is 33.0 Å². The number of rotatable bonds is 6. The van der Waals surface area contributed by atoms with E-state index in [4.69, 9.17) is 4.99 Å². The van der Waals surface area contributed by atoms with Gasteiger partial charge in [0.05, 0.1) is 17.1 Å². The van der Waals surface area contributed by atoms with Gasteiger partial charge in [0.1, 0.15) is 5.82 Å². The highest BCUT2D eigenvalue weighted by Crippen LogP contribution is 2.25. The molecule has 0 aliphatic heterocycles. The predicted molar refractivity (Wildman–Crippen MR) is 147 cm³/mol. The van der Waals surface area contributed by atoms with Crippen LogP contribution in [0.1, 0.15) is 11.3 Å². The zero-order chi connectivity index (χ0) is 25.2. The summed E-state index contributed by atoms with van der Waals surface area (Å²) < 4.78 is 20.0. The highest BCUT2D eigenvalue weighted by Gasteiger charge is 2.17. The van der Waals surface area contributed by atoms with Gasteiger partial charge in [-0.3, -0.25) is 9.48 Å². The second-order valence-corrected chi connectivity index (χ2v) is 10.2. The molecule has 0 unspecified atom stereocenters.